The molecule has 4 saturated carbocycles. The number of carbonyl (C=O) groups is 2. The molecule has 4 aliphatic rings. The minimum atomic E-state index is -2.59. The maximum atomic E-state index is 11.7. The fraction of sp³-hybridized carbons (Fsp3) is 0.642. The predicted molar refractivity (Wildman–Crippen MR) is 383 cm³/mol. The van der Waals surface area contributed by atoms with Gasteiger partial charge in [0.15, 0.2) is 49.9 Å². The smallest absolute Gasteiger partial charge is 0.348 e. The molecule has 9 atom stereocenters. The monoisotopic (exact) mass is 1330 g/mol. The van der Waals surface area contributed by atoms with E-state index in [2.05, 4.69) is 197 Å². The molecule has 86 heavy (non-hydrogen) atoms. The number of hydrogen-bond donors (Lipinski definition) is 0. The third kappa shape index (κ3) is 25.1. The molecule has 4 fully saturated rings. The minimum Gasteiger partial charge on any atom is -0.462 e. The van der Waals surface area contributed by atoms with Gasteiger partial charge in [0.2, 0.25) is 0 Å². The highest BCUT2D eigenvalue weighted by molar-refractivity contribution is 6.96. The lowest BCUT2D eigenvalue weighted by Crippen LogP contribution is -2.61. The van der Waals surface area contributed by atoms with E-state index in [9.17, 15) is 9.59 Å². The number of esters is 2. The van der Waals surface area contributed by atoms with Gasteiger partial charge < -0.3 is 34.2 Å². The summed E-state index contributed by atoms with van der Waals surface area (Å²) in [5, 5.41) is 3.70. The molecule has 4 bridgehead atoms. The van der Waals surface area contributed by atoms with Crippen LogP contribution in [0.5, 0.6) is 0 Å². The number of fused-ring (bicyclic) bond motifs is 4. The van der Waals surface area contributed by atoms with Gasteiger partial charge in [-0.2, -0.15) is 0 Å². The Labute approximate surface area is 533 Å². The second-order valence-corrected chi connectivity index (χ2v) is 67.6. The van der Waals surface area contributed by atoms with Crippen molar-refractivity contribution in [3.05, 3.63) is 115 Å². The van der Waals surface area contributed by atoms with E-state index in [1.165, 1.54) is 91.9 Å². The Morgan fingerprint density at radius 1 is 0.395 bits per heavy atom. The van der Waals surface area contributed by atoms with Crippen molar-refractivity contribution < 1.29 is 43.8 Å². The summed E-state index contributed by atoms with van der Waals surface area (Å²) in [6.45, 7) is 50.2. The van der Waals surface area contributed by atoms with Gasteiger partial charge in [0.1, 0.15) is 0 Å². The van der Waals surface area contributed by atoms with Crippen molar-refractivity contribution in [2.45, 2.75) is 226 Å². The third-order valence-corrected chi connectivity index (χ3v) is 51.1. The number of rotatable bonds is 31. The molecule has 3 aromatic rings. The highest BCUT2D eigenvalue weighted by atomic mass is 28.5. The molecular weight excluding hydrogens is 1220 g/mol. The van der Waals surface area contributed by atoms with Crippen molar-refractivity contribution in [3.8, 4) is 0 Å². The lowest BCUT2D eigenvalue weighted by Gasteiger charge is -2.41. The molecule has 9 unspecified atom stereocenters. The molecule has 10 nitrogen and oxygen atoms in total. The van der Waals surface area contributed by atoms with Crippen molar-refractivity contribution in [1.29, 1.82) is 0 Å². The first-order valence-electron chi connectivity index (χ1n) is 32.8. The van der Waals surface area contributed by atoms with Gasteiger partial charge in [-0.15, -0.1) is 0 Å². The average Bonchev–Trinajstić information content (AvgIpc) is 1.99. The second-order valence-electron chi connectivity index (χ2n) is 30.8. The summed E-state index contributed by atoms with van der Waals surface area (Å²) in [5.74, 6) is 5.34. The van der Waals surface area contributed by atoms with E-state index >= 15 is 0 Å². The van der Waals surface area contributed by atoms with Crippen LogP contribution in [0, 0.1) is 35.5 Å². The average molecular weight is 1340 g/mol. The van der Waals surface area contributed by atoms with Crippen LogP contribution in [0.4, 0.5) is 0 Å². The Hall–Kier alpha value is -2.21. The summed E-state index contributed by atoms with van der Waals surface area (Å²) in [6.07, 6.45) is 16.2. The normalized spacial score (nSPS) is 22.5. The van der Waals surface area contributed by atoms with Crippen LogP contribution < -0.4 is 15.6 Å². The fourth-order valence-corrected chi connectivity index (χ4v) is 53.0. The number of hydrogen-bond acceptors (Lipinski definition) is 10. The lowest BCUT2D eigenvalue weighted by molar-refractivity contribution is -0.139. The topological polar surface area (TPSA) is 108 Å². The largest absolute Gasteiger partial charge is 0.462 e. The van der Waals surface area contributed by atoms with Crippen LogP contribution >= 0.6 is 0 Å². The van der Waals surface area contributed by atoms with E-state index in [1.54, 1.807) is 13.8 Å². The summed E-state index contributed by atoms with van der Waals surface area (Å²) >= 11 is 0. The molecule has 7 rings (SSSR count). The van der Waals surface area contributed by atoms with E-state index in [0.717, 1.165) is 60.4 Å². The molecule has 482 valence electrons. The molecule has 0 radical (unpaired) electrons. The van der Waals surface area contributed by atoms with Crippen LogP contribution in [-0.4, -0.2) is 101 Å². The minimum absolute atomic E-state index is 0.310. The predicted octanol–water partition coefficient (Wildman–Crippen LogP) is 17.2. The van der Waals surface area contributed by atoms with E-state index in [-0.39, 0.29) is 11.9 Å². The Balaban J connectivity index is 0.000000239. The zero-order chi connectivity index (χ0) is 64.0. The molecule has 19 heteroatoms. The van der Waals surface area contributed by atoms with Gasteiger partial charge in [0.05, 0.1) is 13.2 Å². The molecule has 0 N–H and O–H groups in total. The summed E-state index contributed by atoms with van der Waals surface area (Å²) in [6, 6.07) is 36.1. The summed E-state index contributed by atoms with van der Waals surface area (Å²) in [4.78, 5) is 23.2. The molecule has 0 heterocycles. The van der Waals surface area contributed by atoms with E-state index in [1.807, 2.05) is 18.2 Å². The summed E-state index contributed by atoms with van der Waals surface area (Å²) in [5.41, 5.74) is 0.883. The van der Waals surface area contributed by atoms with Gasteiger partial charge in [0, 0.05) is 11.1 Å². The van der Waals surface area contributed by atoms with Gasteiger partial charge in [-0.05, 0) is 252 Å². The molecule has 4 aliphatic carbocycles. The number of carbonyl (C=O) groups excluding carboxylic acids is 2. The summed E-state index contributed by atoms with van der Waals surface area (Å²) < 4.78 is 51.9. The number of benzene rings is 3. The van der Waals surface area contributed by atoms with Crippen molar-refractivity contribution in [2.75, 3.05) is 13.2 Å². The Morgan fingerprint density at radius 2 is 0.674 bits per heavy atom. The van der Waals surface area contributed by atoms with Gasteiger partial charge in [-0.3, -0.25) is 0 Å². The van der Waals surface area contributed by atoms with E-state index in [0.29, 0.717) is 24.4 Å². The third-order valence-electron chi connectivity index (χ3n) is 17.8. The van der Waals surface area contributed by atoms with Crippen molar-refractivity contribution in [2.24, 2.45) is 35.5 Å². The highest BCUT2D eigenvalue weighted by Gasteiger charge is 2.48. The zero-order valence-electron chi connectivity index (χ0n) is 57.3. The molecule has 0 spiro atoms. The SMILES string of the molecule is C=C(C)C(=O)OCCC[Si](C)(C)O[Si](C)(O[Si](C)(C)C)c1ccccc1.C=C(C)C(=O)OCCC[Si](C)(C)O[Si](C)(O[Si](C)(C)CCC1CC2CCC1C2)c1ccccc1.C[Si](C)(C)O[Si](C)(O[Si](C)(C)CCC1CC2CCC1C2)c1ccccc1. The maximum absolute atomic E-state index is 11.7. The Kier molecular flexibility index (Phi) is 27.6. The maximum Gasteiger partial charge on any atom is 0.348 e. The Bertz CT molecular complexity index is 2610. The number of ether oxygens (including phenoxy) is 2. The first-order chi connectivity index (χ1) is 39.8. The zero-order valence-corrected chi connectivity index (χ0v) is 66.3. The van der Waals surface area contributed by atoms with Crippen LogP contribution in [0.2, 0.25) is 135 Å². The van der Waals surface area contributed by atoms with Gasteiger partial charge in [-0.25, -0.2) is 9.59 Å². The van der Waals surface area contributed by atoms with Crippen LogP contribution in [-0.2, 0) is 43.8 Å². The van der Waals surface area contributed by atoms with Crippen LogP contribution in [0.3, 0.4) is 0 Å². The molecule has 3 aromatic carbocycles. The van der Waals surface area contributed by atoms with Gasteiger partial charge in [-0.1, -0.05) is 130 Å². The lowest BCUT2D eigenvalue weighted by atomic mass is 9.87. The molecular formula is C67H118O10Si9. The van der Waals surface area contributed by atoms with Crippen LogP contribution in [0.15, 0.2) is 115 Å². The standard InChI is InChI=1S/C27H46O4Si3.C21H38O2Si3.C19H34O4Si3/c1-22(2)27(28)29-17-11-18-32(3,4)30-34(7,26-12-9-8-10-13-26)31-33(5,6)19-16-25-21-23-14-15-24(25)20-23;1-24(2,3)22-26(6,21-10-8-7-9-11-21)23-25(4,5)15-14-20-17-18-12-13-19(20)16-18;1-17(2)19(20)21-15-12-16-25(6,7)23-26(8,22-24(3,4)5)18-13-10-9-11-14-18/h8-10,12-13,23-25H,1,11,14-21H2,2-7H3;7-11,18-20H,12-17H2,1-6H3;9-11,13-14H,1,12,15-16H2,2-8H3. The summed E-state index contributed by atoms with van der Waals surface area (Å²) in [7, 11) is -18.6. The van der Waals surface area contributed by atoms with Crippen LogP contribution in [0.1, 0.15) is 90.9 Å². The molecule has 0 saturated heterocycles. The first-order valence-corrected chi connectivity index (χ1v) is 59.1. The van der Waals surface area contributed by atoms with E-state index in [4.69, 9.17) is 34.2 Å². The van der Waals surface area contributed by atoms with Crippen LogP contribution in [0.25, 0.3) is 0 Å². The molecule has 0 aliphatic heterocycles. The Morgan fingerprint density at radius 3 is 0.919 bits per heavy atom. The molecule has 0 amide bonds. The van der Waals surface area contributed by atoms with Gasteiger partial charge >= 0.3 is 37.6 Å². The second kappa shape index (κ2) is 31.9. The molecule has 0 aromatic heterocycles. The first kappa shape index (κ1) is 74.5. The van der Waals surface area contributed by atoms with Crippen molar-refractivity contribution in [3.63, 3.8) is 0 Å². The van der Waals surface area contributed by atoms with Gasteiger partial charge in [0.25, 0.3) is 0 Å². The van der Waals surface area contributed by atoms with Crippen molar-refractivity contribution >= 4 is 103 Å². The quantitative estimate of drug-likeness (QED) is 0.0267. The van der Waals surface area contributed by atoms with Crippen molar-refractivity contribution in [1.82, 2.24) is 0 Å². The van der Waals surface area contributed by atoms with E-state index < -0.39 is 75.6 Å². The fourth-order valence-electron chi connectivity index (χ4n) is 14.2. The highest BCUT2D eigenvalue weighted by Crippen LogP contribution is 2.51.